The maximum Gasteiger partial charge on any atom is 0.159 e. The summed E-state index contributed by atoms with van der Waals surface area (Å²) in [4.78, 5) is 2.97. The Morgan fingerprint density at radius 1 is 0.571 bits per heavy atom. The van der Waals surface area contributed by atoms with Crippen molar-refractivity contribution in [1.82, 2.24) is 4.98 Å². The molecule has 2 aromatic carbocycles. The first kappa shape index (κ1) is 16.5. The van der Waals surface area contributed by atoms with Gasteiger partial charge in [-0.2, -0.15) is 0 Å². The maximum absolute atomic E-state index is 9.44. The summed E-state index contributed by atoms with van der Waals surface area (Å²) in [5, 5.41) is 39.0. The summed E-state index contributed by atoms with van der Waals surface area (Å²) >= 11 is 0. The number of H-pyrrole nitrogens is 1. The molecule has 0 aliphatic rings. The Kier molecular flexibility index (Phi) is 5.30. The normalized spacial score (nSPS) is 9.71. The lowest BCUT2D eigenvalue weighted by molar-refractivity contribution is 0.404. The van der Waals surface area contributed by atoms with Gasteiger partial charge >= 0.3 is 0 Å². The second-order valence-corrected chi connectivity index (χ2v) is 3.90. The van der Waals surface area contributed by atoms with Crippen LogP contribution in [0.2, 0.25) is 0 Å². The van der Waals surface area contributed by atoms with Crippen LogP contribution in [0.4, 0.5) is 0 Å². The minimum Gasteiger partial charge on any atom is -0.504 e. The number of aromatic amines is 1. The van der Waals surface area contributed by atoms with E-state index in [2.05, 4.69) is 4.98 Å². The molecule has 1 aromatic heterocycles. The number of fused-ring (bicyclic) bond motifs is 3. The number of phenolic OH excluding ortho intramolecular Hbond substituents is 4. The first-order chi connectivity index (χ1) is 10.1. The van der Waals surface area contributed by atoms with E-state index in [-0.39, 0.29) is 23.0 Å². The van der Waals surface area contributed by atoms with Gasteiger partial charge in [0.2, 0.25) is 0 Å². The van der Waals surface area contributed by atoms with Gasteiger partial charge < -0.3 is 25.4 Å². The van der Waals surface area contributed by atoms with Gasteiger partial charge in [-0.25, -0.2) is 0 Å². The van der Waals surface area contributed by atoms with Gasteiger partial charge in [0.1, 0.15) is 0 Å². The largest absolute Gasteiger partial charge is 0.504 e. The molecule has 0 radical (unpaired) electrons. The van der Waals surface area contributed by atoms with E-state index in [1.54, 1.807) is 0 Å². The van der Waals surface area contributed by atoms with E-state index in [1.165, 1.54) is 24.3 Å². The van der Waals surface area contributed by atoms with Gasteiger partial charge in [0, 0.05) is 22.9 Å². The highest BCUT2D eigenvalue weighted by Crippen LogP contribution is 2.38. The second kappa shape index (κ2) is 6.74. The molecule has 0 saturated carbocycles. The quantitative estimate of drug-likeness (QED) is 0.401. The van der Waals surface area contributed by atoms with Crippen LogP contribution in [-0.4, -0.2) is 25.4 Å². The number of benzene rings is 2. The monoisotopic (exact) mass is 291 g/mol. The van der Waals surface area contributed by atoms with E-state index in [4.69, 9.17) is 0 Å². The number of aromatic nitrogens is 1. The van der Waals surface area contributed by atoms with Crippen molar-refractivity contribution >= 4 is 21.8 Å². The van der Waals surface area contributed by atoms with Gasteiger partial charge in [0.05, 0.1) is 11.0 Å². The summed E-state index contributed by atoms with van der Waals surface area (Å²) in [6.07, 6.45) is 0. The minimum atomic E-state index is -0.231. The molecule has 5 nitrogen and oxygen atoms in total. The van der Waals surface area contributed by atoms with Crippen LogP contribution in [0.3, 0.4) is 0 Å². The number of hydrogen-bond acceptors (Lipinski definition) is 4. The Bertz CT molecular complexity index is 685. The smallest absolute Gasteiger partial charge is 0.159 e. The molecular formula is C16H21NO4. The van der Waals surface area contributed by atoms with E-state index >= 15 is 0 Å². The Hall–Kier alpha value is -2.56. The molecule has 0 spiro atoms. The standard InChI is InChI=1S/C12H9NO4.2C2H6/c14-9-1-5-6-2-10(15)12(17)4-8(6)13-7(5)3-11(9)16;2*1-2/h1-4,13-17H;2*1-2H3. The topological polar surface area (TPSA) is 96.7 Å². The summed E-state index contributed by atoms with van der Waals surface area (Å²) in [5.74, 6) is -0.910. The fourth-order valence-electron chi connectivity index (χ4n) is 1.95. The molecule has 0 aliphatic heterocycles. The Balaban J connectivity index is 0.000000510. The fourth-order valence-corrected chi connectivity index (χ4v) is 1.95. The number of aromatic hydroxyl groups is 4. The second-order valence-electron chi connectivity index (χ2n) is 3.90. The summed E-state index contributed by atoms with van der Waals surface area (Å²) < 4.78 is 0. The third-order valence-corrected chi connectivity index (χ3v) is 2.79. The van der Waals surface area contributed by atoms with Gasteiger partial charge in [-0.1, -0.05) is 27.7 Å². The first-order valence-corrected chi connectivity index (χ1v) is 6.95. The Morgan fingerprint density at radius 2 is 0.857 bits per heavy atom. The summed E-state index contributed by atoms with van der Waals surface area (Å²) in [5.41, 5.74) is 1.22. The molecular weight excluding hydrogens is 270 g/mol. The molecule has 1 heterocycles. The molecule has 21 heavy (non-hydrogen) atoms. The Labute approximate surface area is 123 Å². The highest BCUT2D eigenvalue weighted by Gasteiger charge is 2.11. The highest BCUT2D eigenvalue weighted by molar-refractivity contribution is 6.09. The predicted octanol–water partition coefficient (Wildman–Crippen LogP) is 4.20. The molecule has 3 rings (SSSR count). The predicted molar refractivity (Wildman–Crippen MR) is 85.2 cm³/mol. The maximum atomic E-state index is 9.44. The first-order valence-electron chi connectivity index (χ1n) is 6.95. The molecule has 5 N–H and O–H groups in total. The average Bonchev–Trinajstić information content (AvgIpc) is 2.81. The molecule has 0 amide bonds. The fraction of sp³-hybridized carbons (Fsp3) is 0.250. The van der Waals surface area contributed by atoms with Crippen LogP contribution in [0.1, 0.15) is 27.7 Å². The summed E-state index contributed by atoms with van der Waals surface area (Å²) in [6, 6.07) is 5.58. The van der Waals surface area contributed by atoms with Crippen LogP contribution >= 0.6 is 0 Å². The zero-order valence-electron chi connectivity index (χ0n) is 12.6. The van der Waals surface area contributed by atoms with Gasteiger partial charge in [-0.3, -0.25) is 0 Å². The molecule has 114 valence electrons. The van der Waals surface area contributed by atoms with Gasteiger partial charge in [0.25, 0.3) is 0 Å². The van der Waals surface area contributed by atoms with Gasteiger partial charge in [-0.05, 0) is 12.1 Å². The van der Waals surface area contributed by atoms with E-state index in [9.17, 15) is 20.4 Å². The van der Waals surface area contributed by atoms with Gasteiger partial charge in [-0.15, -0.1) is 0 Å². The SMILES string of the molecule is CC.CC.Oc1cc2[nH]c3cc(O)c(O)cc3c2cc1O. The van der Waals surface area contributed by atoms with Crippen molar-refractivity contribution in [2.75, 3.05) is 0 Å². The van der Waals surface area contributed by atoms with Gasteiger partial charge in [0.15, 0.2) is 23.0 Å². The van der Waals surface area contributed by atoms with Crippen molar-refractivity contribution in [2.24, 2.45) is 0 Å². The van der Waals surface area contributed by atoms with Crippen LogP contribution in [0, 0.1) is 0 Å². The van der Waals surface area contributed by atoms with E-state index in [0.29, 0.717) is 21.8 Å². The van der Waals surface area contributed by atoms with E-state index in [1.807, 2.05) is 27.7 Å². The summed E-state index contributed by atoms with van der Waals surface area (Å²) in [7, 11) is 0. The number of phenols is 4. The van der Waals surface area contributed by atoms with Crippen molar-refractivity contribution in [3.8, 4) is 23.0 Å². The lowest BCUT2D eigenvalue weighted by Gasteiger charge is -1.98. The van der Waals surface area contributed by atoms with Crippen LogP contribution < -0.4 is 0 Å². The molecule has 0 aliphatic carbocycles. The van der Waals surface area contributed by atoms with E-state index in [0.717, 1.165) is 0 Å². The van der Waals surface area contributed by atoms with Crippen LogP contribution in [0.25, 0.3) is 21.8 Å². The minimum absolute atomic E-state index is 0.225. The lowest BCUT2D eigenvalue weighted by atomic mass is 10.1. The van der Waals surface area contributed by atoms with Crippen LogP contribution in [-0.2, 0) is 0 Å². The zero-order chi connectivity index (χ0) is 16.2. The van der Waals surface area contributed by atoms with Crippen molar-refractivity contribution < 1.29 is 20.4 Å². The van der Waals surface area contributed by atoms with Crippen molar-refractivity contribution in [3.63, 3.8) is 0 Å². The van der Waals surface area contributed by atoms with Crippen LogP contribution in [0.15, 0.2) is 24.3 Å². The molecule has 0 saturated heterocycles. The third-order valence-electron chi connectivity index (χ3n) is 2.79. The number of hydrogen-bond donors (Lipinski definition) is 5. The molecule has 3 aromatic rings. The van der Waals surface area contributed by atoms with Crippen molar-refractivity contribution in [2.45, 2.75) is 27.7 Å². The number of rotatable bonds is 0. The van der Waals surface area contributed by atoms with E-state index < -0.39 is 0 Å². The van der Waals surface area contributed by atoms with Crippen LogP contribution in [0.5, 0.6) is 23.0 Å². The third kappa shape index (κ3) is 2.97. The molecule has 0 atom stereocenters. The molecule has 0 bridgehead atoms. The Morgan fingerprint density at radius 3 is 1.19 bits per heavy atom. The highest BCUT2D eigenvalue weighted by atomic mass is 16.3. The van der Waals surface area contributed by atoms with Crippen molar-refractivity contribution in [3.05, 3.63) is 24.3 Å². The molecule has 5 heteroatoms. The number of nitrogens with one attached hydrogen (secondary N) is 1. The molecule has 0 fully saturated rings. The molecule has 0 unspecified atom stereocenters. The van der Waals surface area contributed by atoms with Crippen molar-refractivity contribution in [1.29, 1.82) is 0 Å². The summed E-state index contributed by atoms with van der Waals surface area (Å²) in [6.45, 7) is 8.00. The average molecular weight is 291 g/mol. The zero-order valence-corrected chi connectivity index (χ0v) is 12.6. The lowest BCUT2D eigenvalue weighted by Crippen LogP contribution is -1.71.